The number of halogens is 2. The van der Waals surface area contributed by atoms with E-state index in [4.69, 9.17) is 50.3 Å². The summed E-state index contributed by atoms with van der Waals surface area (Å²) in [4.78, 5) is 0. The van der Waals surface area contributed by atoms with Crippen LogP contribution in [0.3, 0.4) is 0 Å². The van der Waals surface area contributed by atoms with Crippen LogP contribution in [0.15, 0.2) is 48.5 Å². The van der Waals surface area contributed by atoms with Crippen molar-refractivity contribution in [3.05, 3.63) is 69.7 Å². The third-order valence-corrected chi connectivity index (χ3v) is 9.75. The van der Waals surface area contributed by atoms with Crippen LogP contribution in [0, 0.1) is 0 Å². The third-order valence-electron chi connectivity index (χ3n) is 5.00. The molecule has 0 spiro atoms. The average Bonchev–Trinajstić information content (AvgIpc) is 2.82. The highest BCUT2D eigenvalue weighted by Gasteiger charge is 2.42. The van der Waals surface area contributed by atoms with Gasteiger partial charge in [-0.25, -0.2) is 0 Å². The van der Waals surface area contributed by atoms with E-state index in [0.29, 0.717) is 22.9 Å². The van der Waals surface area contributed by atoms with Crippen molar-refractivity contribution in [1.82, 2.24) is 0 Å². The Balaban J connectivity index is 1.28. The highest BCUT2D eigenvalue weighted by Crippen LogP contribution is 2.59. The second-order valence-electron chi connectivity index (χ2n) is 7.50. The van der Waals surface area contributed by atoms with Crippen LogP contribution in [0.5, 0.6) is 0 Å². The first-order valence-corrected chi connectivity index (χ1v) is 15.6. The van der Waals surface area contributed by atoms with Gasteiger partial charge in [-0.3, -0.25) is 18.2 Å². The first-order valence-electron chi connectivity index (χ1n) is 10.3. The summed E-state index contributed by atoms with van der Waals surface area (Å²) in [6, 6.07) is 14.0. The Labute approximate surface area is 207 Å². The van der Waals surface area contributed by atoms with Gasteiger partial charge in [-0.2, -0.15) is 0 Å². The van der Waals surface area contributed by atoms with Crippen molar-refractivity contribution in [2.24, 2.45) is 0 Å². The van der Waals surface area contributed by atoms with E-state index in [1.165, 1.54) is 0 Å². The van der Waals surface area contributed by atoms with Crippen molar-refractivity contribution in [1.29, 1.82) is 0 Å². The van der Waals surface area contributed by atoms with Crippen molar-refractivity contribution in [3.8, 4) is 0 Å². The summed E-state index contributed by atoms with van der Waals surface area (Å²) in [7, 11) is -10.2. The molecule has 2 fully saturated rings. The van der Waals surface area contributed by atoms with Gasteiger partial charge in [0.05, 0.1) is 25.4 Å². The molecule has 184 valence electrons. The average molecular weight is 570 g/mol. The van der Waals surface area contributed by atoms with E-state index < -0.39 is 48.4 Å². The van der Waals surface area contributed by atoms with E-state index in [0.717, 1.165) is 11.1 Å². The Morgan fingerprint density at radius 1 is 0.824 bits per heavy atom. The lowest BCUT2D eigenvalue weighted by molar-refractivity contribution is 0.0679. The van der Waals surface area contributed by atoms with Crippen molar-refractivity contribution < 1.29 is 40.8 Å². The molecule has 0 amide bonds. The van der Waals surface area contributed by atoms with E-state index in [2.05, 4.69) is 0 Å². The molecule has 0 aliphatic carbocycles. The van der Waals surface area contributed by atoms with Gasteiger partial charge >= 0.3 is 23.4 Å². The van der Waals surface area contributed by atoms with Gasteiger partial charge in [-0.15, -0.1) is 9.05 Å². The molecular weight excluding hydrogens is 548 g/mol. The largest absolute Gasteiger partial charge is 0.698 e. The lowest BCUT2D eigenvalue weighted by Gasteiger charge is -2.29. The second-order valence-corrected chi connectivity index (χ2v) is 13.2. The van der Waals surface area contributed by atoms with E-state index >= 15 is 0 Å². The summed E-state index contributed by atoms with van der Waals surface area (Å²) in [5, 5.41) is 1.05. The van der Waals surface area contributed by atoms with Crippen LogP contribution in [0.1, 0.15) is 36.2 Å². The molecule has 2 saturated heterocycles. The fraction of sp³-hybridized carbons (Fsp3) is 0.400. The molecule has 14 heteroatoms. The third kappa shape index (κ3) is 7.19. The van der Waals surface area contributed by atoms with Crippen molar-refractivity contribution in [2.75, 3.05) is 25.9 Å². The summed E-state index contributed by atoms with van der Waals surface area (Å²) in [6.45, 7) is 0.328. The number of hydrogen-bond donors (Lipinski definition) is 0. The molecule has 9 nitrogen and oxygen atoms in total. The highest BCUT2D eigenvalue weighted by molar-refractivity contribution is 7.54. The molecule has 0 aromatic heterocycles. The molecule has 4 atom stereocenters. The SMILES string of the molecule is O=[P+](OCP1(=O)OCC[C@@H](c2cccc(Cl)c2)O1)OCP1(=O)OCC[C@@H](c2cccc(Cl)c2)O1. The van der Waals surface area contributed by atoms with E-state index in [9.17, 15) is 13.7 Å². The zero-order valence-electron chi connectivity index (χ0n) is 17.8. The van der Waals surface area contributed by atoms with Gasteiger partial charge in [0.25, 0.3) is 0 Å². The Hall–Kier alpha value is -0.660. The zero-order valence-corrected chi connectivity index (χ0v) is 22.0. The van der Waals surface area contributed by atoms with Crippen molar-refractivity contribution >= 4 is 46.6 Å². The zero-order chi connectivity index (χ0) is 24.2. The van der Waals surface area contributed by atoms with E-state index in [1.54, 1.807) is 48.5 Å². The number of hydrogen-bond acceptors (Lipinski definition) is 9. The second kappa shape index (κ2) is 11.6. The highest BCUT2D eigenvalue weighted by atomic mass is 35.5. The summed E-state index contributed by atoms with van der Waals surface area (Å²) in [6.07, 6.45) is -1.28. The Morgan fingerprint density at radius 3 is 1.68 bits per heavy atom. The van der Waals surface area contributed by atoms with Crippen LogP contribution in [-0.4, -0.2) is 25.9 Å². The Kier molecular flexibility index (Phi) is 9.00. The molecule has 2 aliphatic rings. The van der Waals surface area contributed by atoms with E-state index in [1.807, 2.05) is 0 Å². The first-order chi connectivity index (χ1) is 16.2. The van der Waals surface area contributed by atoms with Gasteiger partial charge in [0.15, 0.2) is 0 Å². The predicted octanol–water partition coefficient (Wildman–Crippen LogP) is 7.64. The summed E-state index contributed by atoms with van der Waals surface area (Å²) < 4.78 is 69.8. The van der Waals surface area contributed by atoms with E-state index in [-0.39, 0.29) is 13.2 Å². The molecule has 0 radical (unpaired) electrons. The molecule has 2 aromatic rings. The maximum absolute atomic E-state index is 12.9. The van der Waals surface area contributed by atoms with Crippen LogP contribution < -0.4 is 0 Å². The van der Waals surface area contributed by atoms with Gasteiger partial charge < -0.3 is 9.05 Å². The van der Waals surface area contributed by atoms with Crippen LogP contribution in [0.4, 0.5) is 0 Å². The standard InChI is InChI=1S/C20H22Cl2O9P3/c21-17-5-1-3-15(11-17)19-7-9-28-33(24,30-19)13-26-32(23)27-14-34(25)29-10-8-20(31-34)16-4-2-6-18(22)12-16/h1-6,11-12,19-20H,7-10,13-14H2/q+1/t19-,20-,33?,34?/m0/s1. The van der Waals surface area contributed by atoms with Crippen LogP contribution in [0.25, 0.3) is 0 Å². The number of benzene rings is 2. The fourth-order valence-corrected chi connectivity index (χ4v) is 8.18. The molecule has 34 heavy (non-hydrogen) atoms. The maximum atomic E-state index is 12.9. The van der Waals surface area contributed by atoms with Gasteiger partial charge in [-0.05, 0) is 35.4 Å². The molecule has 2 heterocycles. The first kappa shape index (κ1) is 26.4. The normalized spacial score (nSPS) is 30.1. The Morgan fingerprint density at radius 2 is 1.26 bits per heavy atom. The minimum absolute atomic E-state index is 0.164. The monoisotopic (exact) mass is 569 g/mol. The summed E-state index contributed by atoms with van der Waals surface area (Å²) >= 11 is 12.0. The molecular formula is C20H22Cl2O9P3+. The lowest BCUT2D eigenvalue weighted by Crippen LogP contribution is -2.16. The molecule has 0 N–H and O–H groups in total. The van der Waals surface area contributed by atoms with Crippen LogP contribution in [0.2, 0.25) is 10.0 Å². The van der Waals surface area contributed by atoms with Gasteiger partial charge in [0, 0.05) is 27.5 Å². The molecule has 2 aromatic carbocycles. The molecule has 2 aliphatic heterocycles. The number of rotatable bonds is 8. The van der Waals surface area contributed by atoms with Gasteiger partial charge in [0.1, 0.15) is 0 Å². The smallest absolute Gasteiger partial charge is 0.307 e. The van der Waals surface area contributed by atoms with Gasteiger partial charge in [-0.1, -0.05) is 47.5 Å². The van der Waals surface area contributed by atoms with Crippen LogP contribution in [-0.2, 0) is 40.8 Å². The topological polar surface area (TPSA) is 107 Å². The summed E-state index contributed by atoms with van der Waals surface area (Å²) in [5.41, 5.74) is 1.49. The molecule has 0 saturated carbocycles. The minimum atomic E-state index is -3.70. The van der Waals surface area contributed by atoms with Gasteiger partial charge in [0.2, 0.25) is 12.7 Å². The fourth-order valence-electron chi connectivity index (χ4n) is 3.43. The molecule has 0 bridgehead atoms. The molecule has 2 unspecified atom stereocenters. The lowest BCUT2D eigenvalue weighted by atomic mass is 10.1. The quantitative estimate of drug-likeness (QED) is 0.296. The predicted molar refractivity (Wildman–Crippen MR) is 126 cm³/mol. The van der Waals surface area contributed by atoms with Crippen molar-refractivity contribution in [3.63, 3.8) is 0 Å². The Bertz CT molecular complexity index is 1050. The van der Waals surface area contributed by atoms with Crippen LogP contribution >= 0.6 is 46.6 Å². The van der Waals surface area contributed by atoms with Crippen molar-refractivity contribution in [2.45, 2.75) is 25.0 Å². The minimum Gasteiger partial charge on any atom is -0.307 e. The molecule has 4 rings (SSSR count). The maximum Gasteiger partial charge on any atom is 0.698 e. The summed E-state index contributed by atoms with van der Waals surface area (Å²) in [5.74, 6) is 0.